The first-order chi connectivity index (χ1) is 10.2. The largest absolute Gasteiger partial charge is 0.494 e. The predicted molar refractivity (Wildman–Crippen MR) is 80.3 cm³/mol. The molecule has 21 heavy (non-hydrogen) atoms. The summed E-state index contributed by atoms with van der Waals surface area (Å²) < 4.78 is 23.9. The summed E-state index contributed by atoms with van der Waals surface area (Å²) in [5.74, 6) is 0.0778. The molecule has 0 aliphatic heterocycles. The van der Waals surface area contributed by atoms with Crippen LogP contribution in [0, 0.1) is 5.82 Å². The number of aliphatic hydroxyl groups is 1. The van der Waals surface area contributed by atoms with Crippen LogP contribution in [-0.4, -0.2) is 37.6 Å². The van der Waals surface area contributed by atoms with Crippen LogP contribution in [0.25, 0.3) is 0 Å². The summed E-state index contributed by atoms with van der Waals surface area (Å²) in [5, 5.41) is 13.0. The van der Waals surface area contributed by atoms with E-state index >= 15 is 0 Å². The predicted octanol–water partition coefficient (Wildman–Crippen LogP) is 2.96. The number of benzene rings is 1. The normalized spacial score (nSPS) is 17.5. The molecule has 1 aromatic rings. The first-order valence-corrected chi connectivity index (χ1v) is 7.56. The van der Waals surface area contributed by atoms with E-state index in [1.165, 1.54) is 38.5 Å². The van der Waals surface area contributed by atoms with Crippen LogP contribution in [0.4, 0.5) is 10.1 Å². The van der Waals surface area contributed by atoms with Crippen LogP contribution < -0.4 is 10.1 Å². The first kappa shape index (κ1) is 16.0. The summed E-state index contributed by atoms with van der Waals surface area (Å²) in [7, 11) is 1.49. The van der Waals surface area contributed by atoms with E-state index in [-0.39, 0.29) is 11.9 Å². The molecule has 0 saturated heterocycles. The lowest BCUT2D eigenvalue weighted by Crippen LogP contribution is -2.28. The molecule has 0 aromatic heterocycles. The number of ether oxygens (including phenoxy) is 2. The third kappa shape index (κ3) is 5.17. The second-order valence-electron chi connectivity index (χ2n) is 5.47. The van der Waals surface area contributed by atoms with Gasteiger partial charge in [-0.1, -0.05) is 19.3 Å². The summed E-state index contributed by atoms with van der Waals surface area (Å²) in [6, 6.07) is 4.27. The van der Waals surface area contributed by atoms with E-state index < -0.39 is 6.10 Å². The molecule has 0 amide bonds. The zero-order valence-corrected chi connectivity index (χ0v) is 12.5. The summed E-state index contributed by atoms with van der Waals surface area (Å²) in [4.78, 5) is 0. The molecule has 0 radical (unpaired) electrons. The number of hydrogen-bond acceptors (Lipinski definition) is 4. The van der Waals surface area contributed by atoms with E-state index in [4.69, 9.17) is 9.47 Å². The van der Waals surface area contributed by atoms with Crippen molar-refractivity contribution in [2.75, 3.05) is 25.6 Å². The van der Waals surface area contributed by atoms with Gasteiger partial charge in [-0.25, -0.2) is 4.39 Å². The number of aliphatic hydroxyl groups excluding tert-OH is 1. The number of nitrogens with one attached hydrogen (secondary N) is 1. The zero-order chi connectivity index (χ0) is 15.1. The quantitative estimate of drug-likeness (QED) is 0.812. The van der Waals surface area contributed by atoms with Gasteiger partial charge in [-0.3, -0.25) is 0 Å². The molecular formula is C16H24FNO3. The average Bonchev–Trinajstić information content (AvgIpc) is 2.52. The number of anilines is 1. The Bertz CT molecular complexity index is 436. The van der Waals surface area contributed by atoms with Crippen molar-refractivity contribution in [2.24, 2.45) is 0 Å². The Morgan fingerprint density at radius 2 is 2.10 bits per heavy atom. The fourth-order valence-corrected chi connectivity index (χ4v) is 2.58. The molecule has 2 rings (SSSR count). The highest BCUT2D eigenvalue weighted by Gasteiger charge is 2.15. The minimum Gasteiger partial charge on any atom is -0.494 e. The second-order valence-corrected chi connectivity index (χ2v) is 5.47. The van der Waals surface area contributed by atoms with Crippen LogP contribution in [-0.2, 0) is 4.74 Å². The third-order valence-electron chi connectivity index (χ3n) is 3.77. The average molecular weight is 297 g/mol. The highest BCUT2D eigenvalue weighted by atomic mass is 19.1. The molecule has 118 valence electrons. The molecule has 1 saturated carbocycles. The van der Waals surface area contributed by atoms with Crippen LogP contribution >= 0.6 is 0 Å². The van der Waals surface area contributed by atoms with E-state index in [0.717, 1.165) is 12.8 Å². The molecule has 0 heterocycles. The molecule has 1 aliphatic carbocycles. The van der Waals surface area contributed by atoms with Crippen molar-refractivity contribution in [2.45, 2.75) is 44.3 Å². The standard InChI is InChI=1S/C16H24FNO3/c1-20-16-9-12(17)7-8-15(16)18-10-13(19)11-21-14-5-3-2-4-6-14/h7-9,13-14,18-19H,2-6,10-11H2,1H3. The van der Waals surface area contributed by atoms with Gasteiger partial charge in [-0.2, -0.15) is 0 Å². The smallest absolute Gasteiger partial charge is 0.144 e. The number of hydrogen-bond donors (Lipinski definition) is 2. The lowest BCUT2D eigenvalue weighted by atomic mass is 9.98. The fourth-order valence-electron chi connectivity index (χ4n) is 2.58. The van der Waals surface area contributed by atoms with Crippen molar-refractivity contribution < 1.29 is 19.0 Å². The topological polar surface area (TPSA) is 50.7 Å². The van der Waals surface area contributed by atoms with Gasteiger partial charge >= 0.3 is 0 Å². The maximum absolute atomic E-state index is 13.1. The van der Waals surface area contributed by atoms with Gasteiger partial charge in [0.05, 0.1) is 31.6 Å². The van der Waals surface area contributed by atoms with Gasteiger partial charge in [0.1, 0.15) is 11.6 Å². The lowest BCUT2D eigenvalue weighted by Gasteiger charge is -2.23. The van der Waals surface area contributed by atoms with Gasteiger partial charge in [-0.15, -0.1) is 0 Å². The lowest BCUT2D eigenvalue weighted by molar-refractivity contribution is -0.0195. The molecule has 2 N–H and O–H groups in total. The van der Waals surface area contributed by atoms with Crippen molar-refractivity contribution in [3.63, 3.8) is 0 Å². The van der Waals surface area contributed by atoms with Crippen molar-refractivity contribution in [3.05, 3.63) is 24.0 Å². The molecule has 1 fully saturated rings. The van der Waals surface area contributed by atoms with Crippen LogP contribution in [0.2, 0.25) is 0 Å². The van der Waals surface area contributed by atoms with Gasteiger partial charge in [0.25, 0.3) is 0 Å². The molecule has 1 unspecified atom stereocenters. The van der Waals surface area contributed by atoms with E-state index in [0.29, 0.717) is 24.6 Å². The maximum atomic E-state index is 13.1. The fraction of sp³-hybridized carbons (Fsp3) is 0.625. The number of halogens is 1. The van der Waals surface area contributed by atoms with Gasteiger partial charge in [0.15, 0.2) is 0 Å². The third-order valence-corrected chi connectivity index (χ3v) is 3.77. The molecule has 1 aromatic carbocycles. The summed E-state index contributed by atoms with van der Waals surface area (Å²) in [6.45, 7) is 0.663. The summed E-state index contributed by atoms with van der Waals surface area (Å²) >= 11 is 0. The van der Waals surface area contributed by atoms with Crippen LogP contribution in [0.1, 0.15) is 32.1 Å². The minimum atomic E-state index is -0.596. The Labute approximate surface area is 125 Å². The van der Waals surface area contributed by atoms with E-state index in [9.17, 15) is 9.50 Å². The molecule has 0 bridgehead atoms. The Hall–Kier alpha value is -1.33. The molecule has 5 heteroatoms. The van der Waals surface area contributed by atoms with Crippen molar-refractivity contribution in [1.29, 1.82) is 0 Å². The maximum Gasteiger partial charge on any atom is 0.144 e. The second kappa shape index (κ2) is 8.20. The SMILES string of the molecule is COc1cc(F)ccc1NCC(O)COC1CCCCC1. The van der Waals surface area contributed by atoms with Crippen molar-refractivity contribution in [3.8, 4) is 5.75 Å². The van der Waals surface area contributed by atoms with Crippen molar-refractivity contribution >= 4 is 5.69 Å². The molecule has 1 aliphatic rings. The number of rotatable bonds is 7. The Morgan fingerprint density at radius 3 is 2.81 bits per heavy atom. The molecule has 1 atom stereocenters. The Balaban J connectivity index is 1.74. The molecule has 0 spiro atoms. The van der Waals surface area contributed by atoms with Gasteiger partial charge in [0.2, 0.25) is 0 Å². The van der Waals surface area contributed by atoms with E-state index in [2.05, 4.69) is 5.32 Å². The van der Waals surface area contributed by atoms with Crippen LogP contribution in [0.15, 0.2) is 18.2 Å². The number of methoxy groups -OCH3 is 1. The molecular weight excluding hydrogens is 273 g/mol. The minimum absolute atomic E-state index is 0.286. The van der Waals surface area contributed by atoms with Gasteiger partial charge < -0.3 is 19.9 Å². The highest BCUT2D eigenvalue weighted by molar-refractivity contribution is 5.56. The van der Waals surface area contributed by atoms with Crippen molar-refractivity contribution in [1.82, 2.24) is 0 Å². The molecule has 4 nitrogen and oxygen atoms in total. The van der Waals surface area contributed by atoms with Crippen LogP contribution in [0.3, 0.4) is 0 Å². The van der Waals surface area contributed by atoms with Crippen LogP contribution in [0.5, 0.6) is 5.75 Å². The van der Waals surface area contributed by atoms with E-state index in [1.807, 2.05) is 0 Å². The van der Waals surface area contributed by atoms with E-state index in [1.54, 1.807) is 6.07 Å². The van der Waals surface area contributed by atoms with Gasteiger partial charge in [0, 0.05) is 12.6 Å². The zero-order valence-electron chi connectivity index (χ0n) is 12.5. The van der Waals surface area contributed by atoms with Gasteiger partial charge in [-0.05, 0) is 25.0 Å². The first-order valence-electron chi connectivity index (χ1n) is 7.56. The Kier molecular flexibility index (Phi) is 6.26. The monoisotopic (exact) mass is 297 g/mol. The summed E-state index contributed by atoms with van der Waals surface area (Å²) in [6.07, 6.45) is 5.58. The summed E-state index contributed by atoms with van der Waals surface area (Å²) in [5.41, 5.74) is 0.663. The highest BCUT2D eigenvalue weighted by Crippen LogP contribution is 2.25. The Morgan fingerprint density at radius 1 is 1.33 bits per heavy atom.